The van der Waals surface area contributed by atoms with Crippen LogP contribution < -0.4 is 0 Å². The van der Waals surface area contributed by atoms with Crippen molar-refractivity contribution >= 4 is 13.3 Å². The van der Waals surface area contributed by atoms with Gasteiger partial charge in [0.1, 0.15) is 0 Å². The van der Waals surface area contributed by atoms with Crippen LogP contribution in [0.1, 0.15) is 0 Å². The Morgan fingerprint density at radius 1 is 1.40 bits per heavy atom. The first-order valence-electron chi connectivity index (χ1n) is 4.94. The summed E-state index contributed by atoms with van der Waals surface area (Å²) in [6.45, 7) is 4.56. The molecule has 0 aromatic rings. The summed E-state index contributed by atoms with van der Waals surface area (Å²) in [4.78, 5) is 2.19. The molecule has 0 aliphatic carbocycles. The molecule has 15 heavy (non-hydrogen) atoms. The zero-order valence-electron chi connectivity index (χ0n) is 10.1. The molecule has 3 heteroatoms. The van der Waals surface area contributed by atoms with E-state index in [4.69, 9.17) is 9.47 Å². The summed E-state index contributed by atoms with van der Waals surface area (Å²) < 4.78 is 10.3. The average molecular weight is 269 g/mol. The van der Waals surface area contributed by atoms with Crippen LogP contribution in [0.15, 0.2) is 23.3 Å². The fourth-order valence-corrected chi connectivity index (χ4v) is 2.83. The summed E-state index contributed by atoms with van der Waals surface area (Å²) in [5.41, 5.74) is 0. The normalized spacial score (nSPS) is 11.6. The van der Waals surface area contributed by atoms with Gasteiger partial charge < -0.3 is 0 Å². The van der Waals surface area contributed by atoms with Crippen LogP contribution in [-0.2, 0) is 9.47 Å². The molecule has 0 rings (SSSR count). The average Bonchev–Trinajstić information content (AvgIpc) is 2.12. The molecule has 84 valence electrons. The molecule has 0 bridgehead atoms. The van der Waals surface area contributed by atoms with Crippen molar-refractivity contribution in [2.24, 2.45) is 0 Å². The molecule has 0 spiro atoms. The number of hydrogen-bond acceptors (Lipinski definition) is 2. The summed E-state index contributed by atoms with van der Waals surface area (Å²) in [6.07, 6.45) is 1.72. The molecular weight excluding hydrogens is 249 g/mol. The molecule has 0 saturated heterocycles. The second kappa shape index (κ2) is 7.61. The van der Waals surface area contributed by atoms with E-state index in [9.17, 15) is 0 Å². The molecule has 0 aliphatic rings. The van der Waals surface area contributed by atoms with E-state index in [-0.39, 0.29) is 0 Å². The summed E-state index contributed by atoms with van der Waals surface area (Å²) in [6, 6.07) is 0. The fraction of sp³-hybridized carbons (Fsp3) is 0.500. The van der Waals surface area contributed by atoms with Gasteiger partial charge in [-0.2, -0.15) is 0 Å². The van der Waals surface area contributed by atoms with Gasteiger partial charge >= 0.3 is 95.5 Å². The van der Waals surface area contributed by atoms with E-state index in [0.717, 1.165) is 5.76 Å². The van der Waals surface area contributed by atoms with Crippen molar-refractivity contribution in [2.45, 2.75) is 17.3 Å². The molecule has 0 aromatic heterocycles. The van der Waals surface area contributed by atoms with Gasteiger partial charge in [0, 0.05) is 0 Å². The van der Waals surface area contributed by atoms with Gasteiger partial charge in [-0.3, -0.25) is 0 Å². The predicted octanol–water partition coefficient (Wildman–Crippen LogP) is 2.60. The van der Waals surface area contributed by atoms with Gasteiger partial charge in [-0.1, -0.05) is 0 Å². The Balaban J connectivity index is 4.52. The molecule has 0 N–H and O–H groups in total. The number of ether oxygens (including phenoxy) is 2. The maximum absolute atomic E-state index is 5.47. The van der Waals surface area contributed by atoms with Crippen molar-refractivity contribution in [3.8, 4) is 11.8 Å². The van der Waals surface area contributed by atoms with Gasteiger partial charge in [0.15, 0.2) is 0 Å². The third-order valence-corrected chi connectivity index (χ3v) is 3.72. The topological polar surface area (TPSA) is 18.5 Å². The van der Waals surface area contributed by atoms with Crippen molar-refractivity contribution in [3.63, 3.8) is 0 Å². The number of hydrogen-bond donors (Lipinski definition) is 0. The summed E-state index contributed by atoms with van der Waals surface area (Å²) >= 11 is -1.77. The molecule has 0 fully saturated rings. The van der Waals surface area contributed by atoms with E-state index in [1.807, 2.05) is 0 Å². The standard InChI is InChI=1S/C12H20GeO2/c1-6-9-15-12(8-7-10-14-5)11-13(2,3)4/h6,11H,1,9-10H2,2-5H3/b12-11-. The molecule has 0 unspecified atom stereocenters. The third-order valence-electron chi connectivity index (χ3n) is 1.35. The summed E-state index contributed by atoms with van der Waals surface area (Å²) in [7, 11) is 1.63. The first kappa shape index (κ1) is 14.3. The maximum atomic E-state index is 5.47. The van der Waals surface area contributed by atoms with Gasteiger partial charge in [-0.05, 0) is 0 Å². The second-order valence-corrected chi connectivity index (χ2v) is 14.7. The van der Waals surface area contributed by atoms with E-state index < -0.39 is 13.3 Å². The minimum absolute atomic E-state index is 0.436. The van der Waals surface area contributed by atoms with Gasteiger partial charge in [0.25, 0.3) is 0 Å². The van der Waals surface area contributed by atoms with Gasteiger partial charge in [0.2, 0.25) is 0 Å². The number of allylic oxidation sites excluding steroid dienone is 1. The SMILES string of the molecule is C=CCO/C(C#CCOC)=[CH]\[Ge]([CH3])([CH3])[CH3]. The Hall–Kier alpha value is -0.657. The van der Waals surface area contributed by atoms with Crippen molar-refractivity contribution in [1.29, 1.82) is 0 Å². The summed E-state index contributed by atoms with van der Waals surface area (Å²) in [5.74, 6) is 13.5. The Morgan fingerprint density at radius 3 is 2.53 bits per heavy atom. The van der Waals surface area contributed by atoms with Crippen LogP contribution >= 0.6 is 0 Å². The Kier molecular flexibility index (Phi) is 7.28. The molecule has 2 nitrogen and oxygen atoms in total. The zero-order chi connectivity index (χ0) is 11.7. The Morgan fingerprint density at radius 2 is 2.07 bits per heavy atom. The van der Waals surface area contributed by atoms with E-state index in [1.165, 1.54) is 0 Å². The first-order valence-corrected chi connectivity index (χ1v) is 12.4. The number of rotatable bonds is 5. The molecule has 0 atom stereocenters. The van der Waals surface area contributed by atoms with Gasteiger partial charge in [-0.25, -0.2) is 0 Å². The molecule has 0 radical (unpaired) electrons. The van der Waals surface area contributed by atoms with Gasteiger partial charge in [0.05, 0.1) is 0 Å². The molecule has 0 aliphatic heterocycles. The molecular formula is C12H20GeO2. The van der Waals surface area contributed by atoms with Crippen LogP contribution in [-0.4, -0.2) is 33.6 Å². The van der Waals surface area contributed by atoms with Crippen LogP contribution in [0.5, 0.6) is 0 Å². The second-order valence-electron chi connectivity index (χ2n) is 4.21. The van der Waals surface area contributed by atoms with Crippen molar-refractivity contribution in [1.82, 2.24) is 0 Å². The minimum atomic E-state index is -1.77. The quantitative estimate of drug-likeness (QED) is 0.330. The first-order chi connectivity index (χ1) is 6.99. The Labute approximate surface area is 95.7 Å². The van der Waals surface area contributed by atoms with Crippen LogP contribution in [0.2, 0.25) is 17.3 Å². The number of methoxy groups -OCH3 is 1. The molecule has 0 heterocycles. The van der Waals surface area contributed by atoms with Crippen LogP contribution in [0, 0.1) is 11.8 Å². The van der Waals surface area contributed by atoms with Gasteiger partial charge in [-0.15, -0.1) is 0 Å². The molecule has 0 saturated carbocycles. The summed E-state index contributed by atoms with van der Waals surface area (Å²) in [5, 5.41) is 0. The van der Waals surface area contributed by atoms with Crippen molar-refractivity contribution in [2.75, 3.05) is 20.3 Å². The monoisotopic (exact) mass is 270 g/mol. The van der Waals surface area contributed by atoms with E-state index in [2.05, 4.69) is 40.6 Å². The van der Waals surface area contributed by atoms with Crippen LogP contribution in [0.3, 0.4) is 0 Å². The van der Waals surface area contributed by atoms with E-state index in [1.54, 1.807) is 13.2 Å². The van der Waals surface area contributed by atoms with E-state index >= 15 is 0 Å². The predicted molar refractivity (Wildman–Crippen MR) is 67.2 cm³/mol. The fourth-order valence-electron chi connectivity index (χ4n) is 0.851. The molecule has 0 amide bonds. The van der Waals surface area contributed by atoms with Crippen LogP contribution in [0.4, 0.5) is 0 Å². The third kappa shape index (κ3) is 9.64. The molecule has 0 aromatic carbocycles. The van der Waals surface area contributed by atoms with E-state index in [0.29, 0.717) is 13.2 Å². The van der Waals surface area contributed by atoms with Crippen molar-refractivity contribution < 1.29 is 9.47 Å². The zero-order valence-corrected chi connectivity index (χ0v) is 12.2. The van der Waals surface area contributed by atoms with Crippen molar-refractivity contribution in [3.05, 3.63) is 23.3 Å². The Bertz CT molecular complexity index is 276. The van der Waals surface area contributed by atoms with Crippen LogP contribution in [0.25, 0.3) is 0 Å².